The molecule has 0 spiro atoms. The van der Waals surface area contributed by atoms with Gasteiger partial charge in [0.1, 0.15) is 10.1 Å². The first kappa shape index (κ1) is 13.3. The second-order valence-corrected chi connectivity index (χ2v) is 4.93. The Hall–Kier alpha value is -2.15. The number of hydrogen-bond donors (Lipinski definition) is 2. The van der Waals surface area contributed by atoms with Crippen LogP contribution in [0, 0.1) is 13.8 Å². The monoisotopic (exact) mass is 277 g/mol. The molecule has 0 fully saturated rings. The third-order valence-corrected chi connectivity index (χ3v) is 3.30. The zero-order chi connectivity index (χ0) is 14.0. The van der Waals surface area contributed by atoms with Crippen LogP contribution in [0.4, 0.5) is 0 Å². The van der Waals surface area contributed by atoms with Gasteiger partial charge in [-0.05, 0) is 37.2 Å². The Morgan fingerprint density at radius 1 is 1.37 bits per heavy atom. The largest absolute Gasteiger partial charge is 0.478 e. The van der Waals surface area contributed by atoms with E-state index in [9.17, 15) is 14.7 Å². The Kier molecular flexibility index (Phi) is 3.66. The van der Waals surface area contributed by atoms with Gasteiger partial charge in [-0.15, -0.1) is 0 Å². The summed E-state index contributed by atoms with van der Waals surface area (Å²) in [6.45, 7) is 3.50. The summed E-state index contributed by atoms with van der Waals surface area (Å²) in [7, 11) is 0. The summed E-state index contributed by atoms with van der Waals surface area (Å²) in [4.78, 5) is 33.0. The first-order valence-electron chi connectivity index (χ1n) is 5.41. The molecule has 0 saturated carbocycles. The number of rotatable bonds is 3. The van der Waals surface area contributed by atoms with Crippen molar-refractivity contribution >= 4 is 17.7 Å². The average Bonchev–Trinajstić information content (AvgIpc) is 2.26. The highest BCUT2D eigenvalue weighted by Gasteiger charge is 2.17. The predicted molar refractivity (Wildman–Crippen MR) is 69.7 cm³/mol. The van der Waals surface area contributed by atoms with Crippen LogP contribution in [0.2, 0.25) is 0 Å². The second-order valence-electron chi connectivity index (χ2n) is 3.92. The number of carboxylic acid groups (broad SMARTS) is 1. The second kappa shape index (κ2) is 5.23. The van der Waals surface area contributed by atoms with E-state index >= 15 is 0 Å². The standard InChI is InChI=1S/C12H11N3O3S/c1-6-3-7(2)15-11(10(6)12(17)18)19-9-4-8(16)13-5-14-9/h3-5H,1-2H3,(H,17,18)(H,13,14,16). The highest BCUT2D eigenvalue weighted by molar-refractivity contribution is 7.99. The van der Waals surface area contributed by atoms with Crippen molar-refractivity contribution in [2.75, 3.05) is 0 Å². The number of carboxylic acids is 1. The number of nitrogens with zero attached hydrogens (tertiary/aromatic N) is 2. The van der Waals surface area contributed by atoms with Gasteiger partial charge in [0.05, 0.1) is 11.9 Å². The molecule has 2 aromatic heterocycles. The van der Waals surface area contributed by atoms with Gasteiger partial charge in [-0.2, -0.15) is 0 Å². The van der Waals surface area contributed by atoms with Crippen LogP contribution >= 0.6 is 11.8 Å². The number of aromatic nitrogens is 3. The maximum absolute atomic E-state index is 11.3. The number of aromatic amines is 1. The molecule has 0 atom stereocenters. The molecule has 0 amide bonds. The van der Waals surface area contributed by atoms with E-state index in [-0.39, 0.29) is 11.1 Å². The quantitative estimate of drug-likeness (QED) is 0.828. The molecule has 0 aliphatic heterocycles. The molecule has 6 nitrogen and oxygen atoms in total. The van der Waals surface area contributed by atoms with Gasteiger partial charge in [0, 0.05) is 11.8 Å². The Labute approximate surface area is 112 Å². The average molecular weight is 277 g/mol. The molecule has 0 radical (unpaired) electrons. The van der Waals surface area contributed by atoms with Crippen LogP contribution in [0.25, 0.3) is 0 Å². The van der Waals surface area contributed by atoms with Gasteiger partial charge in [0.2, 0.25) is 0 Å². The molecule has 0 unspecified atom stereocenters. The number of pyridine rings is 1. The van der Waals surface area contributed by atoms with Crippen LogP contribution in [0.5, 0.6) is 0 Å². The number of aryl methyl sites for hydroxylation is 2. The van der Waals surface area contributed by atoms with Crippen molar-refractivity contribution in [2.45, 2.75) is 23.9 Å². The Morgan fingerprint density at radius 3 is 2.74 bits per heavy atom. The molecular formula is C12H11N3O3S. The lowest BCUT2D eigenvalue weighted by Gasteiger charge is -2.08. The molecule has 7 heteroatoms. The van der Waals surface area contributed by atoms with Crippen LogP contribution in [0.15, 0.2) is 33.3 Å². The minimum Gasteiger partial charge on any atom is -0.478 e. The van der Waals surface area contributed by atoms with Crippen molar-refractivity contribution in [1.29, 1.82) is 0 Å². The summed E-state index contributed by atoms with van der Waals surface area (Å²) in [5.41, 5.74) is 1.19. The van der Waals surface area contributed by atoms with E-state index in [1.807, 2.05) is 0 Å². The van der Waals surface area contributed by atoms with Crippen LogP contribution in [0.1, 0.15) is 21.6 Å². The van der Waals surface area contributed by atoms with Crippen molar-refractivity contribution in [2.24, 2.45) is 0 Å². The van der Waals surface area contributed by atoms with Gasteiger partial charge in [-0.3, -0.25) is 4.79 Å². The fourth-order valence-electron chi connectivity index (χ4n) is 1.64. The van der Waals surface area contributed by atoms with Crippen molar-refractivity contribution in [3.63, 3.8) is 0 Å². The molecule has 98 valence electrons. The highest BCUT2D eigenvalue weighted by Crippen LogP contribution is 2.28. The lowest BCUT2D eigenvalue weighted by molar-refractivity contribution is 0.0691. The normalized spacial score (nSPS) is 10.4. The molecule has 0 bridgehead atoms. The third kappa shape index (κ3) is 3.00. The minimum atomic E-state index is -1.04. The smallest absolute Gasteiger partial charge is 0.338 e. The molecule has 19 heavy (non-hydrogen) atoms. The van der Waals surface area contributed by atoms with Gasteiger partial charge in [0.25, 0.3) is 5.56 Å². The summed E-state index contributed by atoms with van der Waals surface area (Å²) in [6.07, 6.45) is 1.27. The van der Waals surface area contributed by atoms with Crippen LogP contribution in [-0.2, 0) is 0 Å². The Balaban J connectivity index is 2.50. The van der Waals surface area contributed by atoms with Gasteiger partial charge >= 0.3 is 5.97 Å². The van der Waals surface area contributed by atoms with Gasteiger partial charge in [-0.1, -0.05) is 0 Å². The van der Waals surface area contributed by atoms with Crippen LogP contribution < -0.4 is 5.56 Å². The summed E-state index contributed by atoms with van der Waals surface area (Å²) in [6, 6.07) is 3.01. The van der Waals surface area contributed by atoms with Gasteiger partial charge in [0.15, 0.2) is 0 Å². The number of aromatic carboxylic acids is 1. The van der Waals surface area contributed by atoms with E-state index < -0.39 is 5.97 Å². The first-order chi connectivity index (χ1) is 8.97. The van der Waals surface area contributed by atoms with Crippen LogP contribution in [0.3, 0.4) is 0 Å². The number of H-pyrrole nitrogens is 1. The van der Waals surface area contributed by atoms with Crippen molar-refractivity contribution in [3.05, 3.63) is 45.6 Å². The van der Waals surface area contributed by atoms with Crippen molar-refractivity contribution in [3.8, 4) is 0 Å². The number of nitrogens with one attached hydrogen (secondary N) is 1. The number of hydrogen-bond acceptors (Lipinski definition) is 5. The Bertz CT molecular complexity index is 697. The molecule has 0 aliphatic carbocycles. The SMILES string of the molecule is Cc1cc(C)c(C(=O)O)c(Sc2cc(=O)[nH]cn2)n1. The highest BCUT2D eigenvalue weighted by atomic mass is 32.2. The molecular weight excluding hydrogens is 266 g/mol. The molecule has 2 N–H and O–H groups in total. The maximum Gasteiger partial charge on any atom is 0.338 e. The van der Waals surface area contributed by atoms with Gasteiger partial charge in [-0.25, -0.2) is 14.8 Å². The fourth-order valence-corrected chi connectivity index (χ4v) is 2.65. The topological polar surface area (TPSA) is 95.9 Å². The van der Waals surface area contributed by atoms with E-state index in [1.165, 1.54) is 12.4 Å². The fraction of sp³-hybridized carbons (Fsp3) is 0.167. The molecule has 0 saturated heterocycles. The lowest BCUT2D eigenvalue weighted by Crippen LogP contribution is -2.07. The van der Waals surface area contributed by atoms with E-state index in [4.69, 9.17) is 0 Å². The first-order valence-corrected chi connectivity index (χ1v) is 6.23. The van der Waals surface area contributed by atoms with Crippen LogP contribution in [-0.4, -0.2) is 26.0 Å². The van der Waals surface area contributed by atoms with Gasteiger partial charge < -0.3 is 10.1 Å². The summed E-state index contributed by atoms with van der Waals surface area (Å²) in [5, 5.41) is 9.97. The summed E-state index contributed by atoms with van der Waals surface area (Å²) in [5.74, 6) is -1.04. The van der Waals surface area contributed by atoms with Crippen molar-refractivity contribution < 1.29 is 9.90 Å². The maximum atomic E-state index is 11.3. The molecule has 0 aromatic carbocycles. The molecule has 2 aromatic rings. The van der Waals surface area contributed by atoms with E-state index in [0.29, 0.717) is 15.6 Å². The minimum absolute atomic E-state index is 0.137. The summed E-state index contributed by atoms with van der Waals surface area (Å²) < 4.78 is 0. The third-order valence-electron chi connectivity index (χ3n) is 2.38. The van der Waals surface area contributed by atoms with E-state index in [1.54, 1.807) is 19.9 Å². The zero-order valence-electron chi connectivity index (χ0n) is 10.3. The summed E-state index contributed by atoms with van der Waals surface area (Å²) >= 11 is 1.06. The molecule has 2 heterocycles. The lowest BCUT2D eigenvalue weighted by atomic mass is 10.1. The predicted octanol–water partition coefficient (Wildman–Crippen LogP) is 1.63. The Morgan fingerprint density at radius 2 is 2.11 bits per heavy atom. The zero-order valence-corrected chi connectivity index (χ0v) is 11.1. The number of carbonyl (C=O) groups is 1. The van der Waals surface area contributed by atoms with E-state index in [0.717, 1.165) is 17.5 Å². The molecule has 0 aliphatic rings. The van der Waals surface area contributed by atoms with E-state index in [2.05, 4.69) is 15.0 Å². The van der Waals surface area contributed by atoms with Crippen molar-refractivity contribution in [1.82, 2.24) is 15.0 Å². The molecule has 2 rings (SSSR count).